The van der Waals surface area contributed by atoms with Gasteiger partial charge in [0.1, 0.15) is 11.0 Å². The van der Waals surface area contributed by atoms with E-state index in [1.807, 2.05) is 12.1 Å². The summed E-state index contributed by atoms with van der Waals surface area (Å²) in [6.45, 7) is 1.47. The molecule has 0 spiro atoms. The number of methoxy groups -OCH3 is 2. The number of amides is 1. The molecular formula is C24H28N2O7. The Hall–Kier alpha value is -3.20. The van der Waals surface area contributed by atoms with Gasteiger partial charge in [0.05, 0.1) is 31.5 Å². The number of rotatable bonds is 2. The molecular weight excluding hydrogens is 428 g/mol. The van der Waals surface area contributed by atoms with Gasteiger partial charge in [-0.05, 0) is 37.8 Å². The van der Waals surface area contributed by atoms with Crippen LogP contribution in [-0.2, 0) is 35.7 Å². The van der Waals surface area contributed by atoms with Crippen LogP contribution < -0.4 is 0 Å². The molecule has 4 atom stereocenters. The first-order valence-corrected chi connectivity index (χ1v) is 10.6. The van der Waals surface area contributed by atoms with Crippen molar-refractivity contribution in [1.82, 2.24) is 9.47 Å². The number of piperidine rings is 2. The topological polar surface area (TPSA) is 115 Å². The fraction of sp³-hybridized carbons (Fsp3) is 0.500. The van der Waals surface area contributed by atoms with Crippen LogP contribution in [0.5, 0.6) is 0 Å². The molecule has 4 bridgehead atoms. The molecule has 176 valence electrons. The first kappa shape index (κ1) is 23.0. The number of Topliss-reactive ketones (excluding diaryl/α,β-unsaturated/α-hetero) is 1. The van der Waals surface area contributed by atoms with Gasteiger partial charge in [-0.1, -0.05) is 25.6 Å². The average molecular weight is 456 g/mol. The Morgan fingerprint density at radius 3 is 2.45 bits per heavy atom. The van der Waals surface area contributed by atoms with Crippen molar-refractivity contribution in [2.24, 2.45) is 5.92 Å². The van der Waals surface area contributed by atoms with Crippen molar-refractivity contribution in [3.8, 4) is 0 Å². The predicted octanol–water partition coefficient (Wildman–Crippen LogP) is 1.80. The van der Waals surface area contributed by atoms with Crippen LogP contribution in [0.25, 0.3) is 10.9 Å². The number of esters is 1. The Morgan fingerprint density at radius 1 is 1.12 bits per heavy atom. The molecule has 4 aliphatic rings. The van der Waals surface area contributed by atoms with E-state index in [-0.39, 0.29) is 32.7 Å². The monoisotopic (exact) mass is 456 g/mol. The molecule has 33 heavy (non-hydrogen) atoms. The van der Waals surface area contributed by atoms with Gasteiger partial charge in [0.15, 0.2) is 5.78 Å². The SMILES string of the molecule is C.COC(=O)n1c2c(c3ccccc31)CCN1C(=O)C3CC(O)(C(C)=O)C1C2(C(=O)OC)C3. The number of benzene rings is 1. The number of aliphatic hydroxyl groups is 1. The molecule has 1 aliphatic carbocycles. The van der Waals surface area contributed by atoms with Crippen LogP contribution in [0.2, 0.25) is 0 Å². The van der Waals surface area contributed by atoms with E-state index in [0.717, 1.165) is 5.39 Å². The van der Waals surface area contributed by atoms with Crippen molar-refractivity contribution in [1.29, 1.82) is 0 Å². The van der Waals surface area contributed by atoms with Gasteiger partial charge in [-0.25, -0.2) is 9.36 Å². The minimum Gasteiger partial charge on any atom is -0.468 e. The Balaban J connectivity index is 0.00000259. The third kappa shape index (κ3) is 2.62. The van der Waals surface area contributed by atoms with Crippen LogP contribution in [0.1, 0.15) is 38.4 Å². The highest BCUT2D eigenvalue weighted by molar-refractivity contribution is 6.02. The Kier molecular flexibility index (Phi) is 5.16. The Labute approximate surface area is 191 Å². The highest BCUT2D eigenvalue weighted by atomic mass is 16.5. The average Bonchev–Trinajstić information content (AvgIpc) is 3.05. The summed E-state index contributed by atoms with van der Waals surface area (Å²) in [5.41, 5.74) is -1.94. The molecule has 9 heteroatoms. The number of para-hydroxylation sites is 1. The summed E-state index contributed by atoms with van der Waals surface area (Å²) >= 11 is 0. The smallest absolute Gasteiger partial charge is 0.418 e. The molecule has 9 nitrogen and oxygen atoms in total. The lowest BCUT2D eigenvalue weighted by Crippen LogP contribution is -2.77. The van der Waals surface area contributed by atoms with Gasteiger partial charge in [0.25, 0.3) is 0 Å². The van der Waals surface area contributed by atoms with Gasteiger partial charge in [0, 0.05) is 17.8 Å². The number of nitrogens with zero attached hydrogens (tertiary/aromatic N) is 2. The summed E-state index contributed by atoms with van der Waals surface area (Å²) in [6, 6.07) is 6.02. The zero-order chi connectivity index (χ0) is 23.0. The third-order valence-electron chi connectivity index (χ3n) is 7.51. The molecule has 1 aromatic heterocycles. The van der Waals surface area contributed by atoms with Crippen LogP contribution in [0.15, 0.2) is 24.3 Å². The van der Waals surface area contributed by atoms with Crippen LogP contribution in [-0.4, -0.2) is 70.7 Å². The van der Waals surface area contributed by atoms with E-state index in [2.05, 4.69) is 0 Å². The molecule has 3 fully saturated rings. The molecule has 0 radical (unpaired) electrons. The van der Waals surface area contributed by atoms with Gasteiger partial charge in [-0.2, -0.15) is 0 Å². The number of fused-ring (bicyclic) bond motifs is 4. The molecule has 2 saturated heterocycles. The van der Waals surface area contributed by atoms with Gasteiger partial charge in [0.2, 0.25) is 5.91 Å². The van der Waals surface area contributed by atoms with Crippen molar-refractivity contribution in [2.75, 3.05) is 20.8 Å². The zero-order valence-electron chi connectivity index (χ0n) is 18.1. The number of aromatic nitrogens is 1. The van der Waals surface area contributed by atoms with Crippen LogP contribution in [0.4, 0.5) is 4.79 Å². The summed E-state index contributed by atoms with van der Waals surface area (Å²) in [6.07, 6.45) is -0.371. The third-order valence-corrected chi connectivity index (χ3v) is 7.51. The van der Waals surface area contributed by atoms with E-state index >= 15 is 0 Å². The van der Waals surface area contributed by atoms with E-state index in [9.17, 15) is 24.3 Å². The Morgan fingerprint density at radius 2 is 1.82 bits per heavy atom. The van der Waals surface area contributed by atoms with Gasteiger partial charge in [-0.3, -0.25) is 14.4 Å². The molecule has 2 aromatic rings. The first-order chi connectivity index (χ1) is 15.2. The normalized spacial score (nSPS) is 29.7. The highest BCUT2D eigenvalue weighted by Gasteiger charge is 2.72. The molecule has 4 heterocycles. The van der Waals surface area contributed by atoms with Crippen LogP contribution >= 0.6 is 0 Å². The number of carbonyl (C=O) groups is 4. The second-order valence-corrected chi connectivity index (χ2v) is 8.88. The highest BCUT2D eigenvalue weighted by Crippen LogP contribution is 2.57. The van der Waals surface area contributed by atoms with E-state index in [4.69, 9.17) is 9.47 Å². The molecule has 1 N–H and O–H groups in total. The van der Waals surface area contributed by atoms with Crippen LogP contribution in [0.3, 0.4) is 0 Å². The van der Waals surface area contributed by atoms with Crippen molar-refractivity contribution >= 4 is 34.7 Å². The fourth-order valence-corrected chi connectivity index (χ4v) is 6.34. The minimum atomic E-state index is -1.94. The number of hydrogen-bond acceptors (Lipinski definition) is 7. The molecule has 6 rings (SSSR count). The minimum absolute atomic E-state index is 0. The predicted molar refractivity (Wildman–Crippen MR) is 118 cm³/mol. The second-order valence-electron chi connectivity index (χ2n) is 8.88. The summed E-state index contributed by atoms with van der Waals surface area (Å²) in [7, 11) is 2.48. The molecule has 1 amide bonds. The number of carbonyl (C=O) groups excluding carboxylic acids is 4. The summed E-state index contributed by atoms with van der Waals surface area (Å²) in [5, 5.41) is 12.4. The van der Waals surface area contributed by atoms with Gasteiger partial charge >= 0.3 is 12.1 Å². The lowest BCUT2D eigenvalue weighted by atomic mass is 9.54. The van der Waals surface area contributed by atoms with Crippen LogP contribution in [0, 0.1) is 5.92 Å². The second kappa shape index (κ2) is 7.41. The molecule has 1 aromatic carbocycles. The van der Waals surface area contributed by atoms with Gasteiger partial charge in [-0.15, -0.1) is 0 Å². The largest absolute Gasteiger partial charge is 0.468 e. The maximum atomic E-state index is 13.6. The summed E-state index contributed by atoms with van der Waals surface area (Å²) < 4.78 is 11.7. The van der Waals surface area contributed by atoms with E-state index in [1.165, 1.54) is 30.6 Å². The summed E-state index contributed by atoms with van der Waals surface area (Å²) in [4.78, 5) is 54.0. The lowest BCUT2D eigenvalue weighted by Gasteiger charge is -2.59. The molecule has 4 unspecified atom stereocenters. The fourth-order valence-electron chi connectivity index (χ4n) is 6.34. The lowest BCUT2D eigenvalue weighted by molar-refractivity contribution is -0.198. The zero-order valence-corrected chi connectivity index (χ0v) is 18.1. The maximum absolute atomic E-state index is 13.6. The first-order valence-electron chi connectivity index (χ1n) is 10.6. The standard InChI is InChI=1S/C23H24N2O7.CH4/c1-12(26)23(30)11-13-10-22(20(28)31-2)17-15(8-9-24(18(13)27)19(22)23)14-6-4-5-7-16(14)25(17)21(29)32-3;/h4-7,13,19,30H,8-11H2,1-3H3;1H4. The molecule has 1 saturated carbocycles. The van der Waals surface area contributed by atoms with Crippen molar-refractivity contribution in [2.45, 2.75) is 50.7 Å². The number of ketones is 1. The van der Waals surface area contributed by atoms with Gasteiger partial charge < -0.3 is 19.5 Å². The van der Waals surface area contributed by atoms with Crippen molar-refractivity contribution < 1.29 is 33.8 Å². The number of hydrogen-bond donors (Lipinski definition) is 1. The molecule has 3 aliphatic heterocycles. The summed E-state index contributed by atoms with van der Waals surface area (Å²) in [5.74, 6) is -2.18. The van der Waals surface area contributed by atoms with E-state index in [1.54, 1.807) is 12.1 Å². The van der Waals surface area contributed by atoms with Crippen molar-refractivity contribution in [3.05, 3.63) is 35.5 Å². The quantitative estimate of drug-likeness (QED) is 0.685. The maximum Gasteiger partial charge on any atom is 0.418 e. The van der Waals surface area contributed by atoms with E-state index in [0.29, 0.717) is 23.2 Å². The Bertz CT molecular complexity index is 1200. The van der Waals surface area contributed by atoms with E-state index < -0.39 is 40.8 Å². The number of ether oxygens (including phenoxy) is 2. The van der Waals surface area contributed by atoms with Crippen molar-refractivity contribution in [3.63, 3.8) is 0 Å².